The Balaban J connectivity index is 1.68. The van der Waals surface area contributed by atoms with Crippen LogP contribution >= 0.6 is 0 Å². The molecule has 1 amide bonds. The summed E-state index contributed by atoms with van der Waals surface area (Å²) in [6, 6.07) is 9.58. The number of hydrogen-bond acceptors (Lipinski definition) is 3. The predicted octanol–water partition coefficient (Wildman–Crippen LogP) is 1.96. The van der Waals surface area contributed by atoms with E-state index in [1.54, 1.807) is 4.90 Å². The highest BCUT2D eigenvalue weighted by atomic mass is 17.2. The van der Waals surface area contributed by atoms with Crippen LogP contribution in [0.3, 0.4) is 0 Å². The van der Waals surface area contributed by atoms with Gasteiger partial charge in [-0.1, -0.05) is 30.3 Å². The van der Waals surface area contributed by atoms with Crippen molar-refractivity contribution in [3.8, 4) is 0 Å². The zero-order valence-corrected chi connectivity index (χ0v) is 8.39. The Morgan fingerprint density at radius 3 is 2.60 bits per heavy atom. The van der Waals surface area contributed by atoms with E-state index in [1.165, 1.54) is 0 Å². The van der Waals surface area contributed by atoms with E-state index in [1.807, 2.05) is 30.3 Å². The summed E-state index contributed by atoms with van der Waals surface area (Å²) in [4.78, 5) is 22.3. The molecular weight excluding hydrogens is 194 g/mol. The van der Waals surface area contributed by atoms with Crippen LogP contribution in [0, 0.1) is 0 Å². The topological polar surface area (TPSA) is 38.8 Å². The molecule has 4 nitrogen and oxygen atoms in total. The maximum atomic E-state index is 11.2. The van der Waals surface area contributed by atoms with E-state index in [2.05, 4.69) is 4.89 Å². The van der Waals surface area contributed by atoms with Gasteiger partial charge in [-0.05, 0) is 12.0 Å². The molecule has 0 spiro atoms. The third kappa shape index (κ3) is 2.70. The summed E-state index contributed by atoms with van der Waals surface area (Å²) in [6.45, 7) is 1.83. The van der Waals surface area contributed by atoms with Gasteiger partial charge in [0.25, 0.3) is 0 Å². The minimum absolute atomic E-state index is 0.292. The molecular formula is C11H13NO3. The van der Waals surface area contributed by atoms with E-state index in [9.17, 15) is 4.79 Å². The first-order valence-corrected chi connectivity index (χ1v) is 4.98. The second-order valence-corrected chi connectivity index (χ2v) is 3.44. The summed E-state index contributed by atoms with van der Waals surface area (Å²) < 4.78 is 0. The van der Waals surface area contributed by atoms with Gasteiger partial charge in [-0.15, -0.1) is 0 Å². The average molecular weight is 207 g/mol. The first-order chi connectivity index (χ1) is 7.36. The summed E-state index contributed by atoms with van der Waals surface area (Å²) in [7, 11) is 0. The van der Waals surface area contributed by atoms with E-state index in [4.69, 9.17) is 4.89 Å². The summed E-state index contributed by atoms with van der Waals surface area (Å²) in [6.07, 6.45) is 0.658. The first kappa shape index (κ1) is 9.98. The fraction of sp³-hybridized carbons (Fsp3) is 0.364. The Hall–Kier alpha value is -1.55. The van der Waals surface area contributed by atoms with Crippen molar-refractivity contribution in [2.75, 3.05) is 13.1 Å². The van der Waals surface area contributed by atoms with Gasteiger partial charge in [0.15, 0.2) is 0 Å². The number of rotatable bonds is 3. The molecule has 15 heavy (non-hydrogen) atoms. The van der Waals surface area contributed by atoms with Gasteiger partial charge in [-0.3, -0.25) is 4.89 Å². The number of likely N-dealkylation sites (tertiary alicyclic amines) is 1. The fourth-order valence-corrected chi connectivity index (χ4v) is 1.27. The highest BCUT2D eigenvalue weighted by Crippen LogP contribution is 2.08. The lowest BCUT2D eigenvalue weighted by molar-refractivity contribution is -0.257. The quantitative estimate of drug-likeness (QED) is 0.561. The zero-order valence-electron chi connectivity index (χ0n) is 8.39. The van der Waals surface area contributed by atoms with E-state index < -0.39 is 6.09 Å². The molecule has 1 aliphatic heterocycles. The van der Waals surface area contributed by atoms with Gasteiger partial charge in [0.05, 0.1) is 0 Å². The smallest absolute Gasteiger partial charge is 0.306 e. The van der Waals surface area contributed by atoms with Crippen molar-refractivity contribution in [1.82, 2.24) is 4.90 Å². The first-order valence-electron chi connectivity index (χ1n) is 4.98. The van der Waals surface area contributed by atoms with Crippen LogP contribution in [0.15, 0.2) is 30.3 Å². The lowest BCUT2D eigenvalue weighted by atomic mass is 10.2. The molecule has 0 unspecified atom stereocenters. The van der Waals surface area contributed by atoms with Crippen LogP contribution in [0.2, 0.25) is 0 Å². The van der Waals surface area contributed by atoms with Crippen LogP contribution in [0.25, 0.3) is 0 Å². The number of nitrogens with zero attached hydrogens (tertiary/aromatic N) is 1. The van der Waals surface area contributed by atoms with Crippen LogP contribution in [0.5, 0.6) is 0 Å². The monoisotopic (exact) mass is 207 g/mol. The molecule has 0 bridgehead atoms. The Kier molecular flexibility index (Phi) is 3.19. The van der Waals surface area contributed by atoms with Crippen molar-refractivity contribution in [1.29, 1.82) is 0 Å². The van der Waals surface area contributed by atoms with Gasteiger partial charge < -0.3 is 4.90 Å². The summed E-state index contributed by atoms with van der Waals surface area (Å²) in [5.74, 6) is 0. The van der Waals surface area contributed by atoms with Crippen molar-refractivity contribution >= 4 is 6.09 Å². The highest BCUT2D eigenvalue weighted by Gasteiger charge is 2.22. The molecule has 1 aromatic rings. The molecule has 2 rings (SSSR count). The molecule has 1 heterocycles. The van der Waals surface area contributed by atoms with Crippen molar-refractivity contribution in [2.24, 2.45) is 0 Å². The van der Waals surface area contributed by atoms with Gasteiger partial charge in [0.2, 0.25) is 0 Å². The van der Waals surface area contributed by atoms with Crippen molar-refractivity contribution in [2.45, 2.75) is 13.0 Å². The molecule has 80 valence electrons. The van der Waals surface area contributed by atoms with Crippen LogP contribution in [0.4, 0.5) is 4.79 Å². The Morgan fingerprint density at radius 1 is 1.27 bits per heavy atom. The lowest BCUT2D eigenvalue weighted by Crippen LogP contribution is -2.42. The minimum atomic E-state index is -0.391. The van der Waals surface area contributed by atoms with Crippen molar-refractivity contribution < 1.29 is 14.6 Å². The second kappa shape index (κ2) is 4.79. The molecule has 1 aliphatic rings. The van der Waals surface area contributed by atoms with Gasteiger partial charge in [0.1, 0.15) is 6.61 Å². The highest BCUT2D eigenvalue weighted by molar-refractivity contribution is 5.67. The van der Waals surface area contributed by atoms with Crippen LogP contribution in [-0.2, 0) is 16.4 Å². The molecule has 0 aromatic heterocycles. The number of hydrogen-bond donors (Lipinski definition) is 0. The SMILES string of the molecule is O=C(OOCc1ccccc1)N1CCC1. The number of amides is 1. The van der Waals surface area contributed by atoms with Gasteiger partial charge >= 0.3 is 6.09 Å². The van der Waals surface area contributed by atoms with Gasteiger partial charge in [-0.2, -0.15) is 4.89 Å². The summed E-state index contributed by atoms with van der Waals surface area (Å²) in [5, 5.41) is 0. The van der Waals surface area contributed by atoms with E-state index in [-0.39, 0.29) is 0 Å². The molecule has 0 N–H and O–H groups in total. The molecule has 1 fully saturated rings. The molecule has 1 aromatic carbocycles. The zero-order chi connectivity index (χ0) is 10.5. The van der Waals surface area contributed by atoms with Crippen molar-refractivity contribution in [3.63, 3.8) is 0 Å². The number of carbonyl (C=O) groups excluding carboxylic acids is 1. The van der Waals surface area contributed by atoms with Gasteiger partial charge in [-0.25, -0.2) is 4.79 Å². The Labute approximate surface area is 88.3 Å². The largest absolute Gasteiger partial charge is 0.441 e. The normalized spacial score (nSPS) is 14.5. The summed E-state index contributed by atoms with van der Waals surface area (Å²) >= 11 is 0. The van der Waals surface area contributed by atoms with E-state index in [0.29, 0.717) is 6.61 Å². The average Bonchev–Trinajstić information content (AvgIpc) is 2.16. The Morgan fingerprint density at radius 2 is 2.00 bits per heavy atom. The Bertz CT molecular complexity index is 322. The molecule has 0 atom stereocenters. The third-order valence-electron chi connectivity index (χ3n) is 2.31. The standard InChI is InChI=1S/C11H13NO3/c13-11(12-7-4-8-12)15-14-9-10-5-2-1-3-6-10/h1-3,5-6H,4,7-9H2. The van der Waals surface area contributed by atoms with E-state index in [0.717, 1.165) is 25.1 Å². The van der Waals surface area contributed by atoms with Crippen LogP contribution < -0.4 is 0 Å². The van der Waals surface area contributed by atoms with Gasteiger partial charge in [0, 0.05) is 13.1 Å². The molecule has 0 saturated carbocycles. The van der Waals surface area contributed by atoms with Crippen LogP contribution in [0.1, 0.15) is 12.0 Å². The predicted molar refractivity (Wildman–Crippen MR) is 53.9 cm³/mol. The third-order valence-corrected chi connectivity index (χ3v) is 2.31. The lowest BCUT2D eigenvalue weighted by Gasteiger charge is -2.28. The summed E-state index contributed by atoms with van der Waals surface area (Å²) in [5.41, 5.74) is 0.980. The van der Waals surface area contributed by atoms with E-state index >= 15 is 0 Å². The van der Waals surface area contributed by atoms with Crippen LogP contribution in [-0.4, -0.2) is 24.1 Å². The maximum Gasteiger partial charge on any atom is 0.441 e. The number of benzene rings is 1. The number of carbonyl (C=O) groups is 1. The minimum Gasteiger partial charge on any atom is -0.306 e. The molecule has 0 aliphatic carbocycles. The molecule has 1 saturated heterocycles. The second-order valence-electron chi connectivity index (χ2n) is 3.44. The van der Waals surface area contributed by atoms with Crippen molar-refractivity contribution in [3.05, 3.63) is 35.9 Å². The molecule has 4 heteroatoms. The molecule has 0 radical (unpaired) electrons. The maximum absolute atomic E-state index is 11.2. The fourth-order valence-electron chi connectivity index (χ4n) is 1.27.